The minimum absolute atomic E-state index is 0.0317. The number of hydrogen-bond acceptors (Lipinski definition) is 0. The molecule has 0 atom stereocenters. The largest absolute Gasteiger partial charge is 0.309 e. The van der Waals surface area contributed by atoms with Crippen LogP contribution in [0, 0.1) is 0 Å². The number of aromatic nitrogens is 4. The average Bonchev–Trinajstić information content (AvgIpc) is 4.10. The summed E-state index contributed by atoms with van der Waals surface area (Å²) in [7, 11) is 0. The Morgan fingerprint density at radius 3 is 0.730 bits per heavy atom. The van der Waals surface area contributed by atoms with Gasteiger partial charge in [-0.25, -0.2) is 0 Å². The topological polar surface area (TPSA) is 19.7 Å². The smallest absolute Gasteiger partial charge is 0.0548 e. The van der Waals surface area contributed by atoms with Gasteiger partial charge in [-0.05, 0) is 153 Å². The van der Waals surface area contributed by atoms with Gasteiger partial charge in [-0.15, -0.1) is 0 Å². The summed E-state index contributed by atoms with van der Waals surface area (Å²) in [5.41, 5.74) is 19.7. The first-order valence-corrected chi connectivity index (χ1v) is 26.6. The van der Waals surface area contributed by atoms with Gasteiger partial charge in [0.15, 0.2) is 0 Å². The Morgan fingerprint density at radius 1 is 0.203 bits per heavy atom. The number of benzene rings is 9. The van der Waals surface area contributed by atoms with E-state index in [-0.39, 0.29) is 21.7 Å². The summed E-state index contributed by atoms with van der Waals surface area (Å²) in [4.78, 5) is 0. The second-order valence-corrected chi connectivity index (χ2v) is 25.2. The Labute approximate surface area is 435 Å². The Morgan fingerprint density at radius 2 is 0.446 bits per heavy atom. The molecule has 74 heavy (non-hydrogen) atoms. The van der Waals surface area contributed by atoms with Crippen molar-refractivity contribution in [3.63, 3.8) is 0 Å². The van der Waals surface area contributed by atoms with Crippen molar-refractivity contribution in [3.05, 3.63) is 204 Å². The molecule has 0 saturated carbocycles. The van der Waals surface area contributed by atoms with Gasteiger partial charge in [-0.1, -0.05) is 156 Å². The predicted molar refractivity (Wildman–Crippen MR) is 319 cm³/mol. The zero-order valence-corrected chi connectivity index (χ0v) is 45.1. The third kappa shape index (κ3) is 7.08. The number of para-hydroxylation sites is 2. The van der Waals surface area contributed by atoms with Crippen LogP contribution in [0.1, 0.15) is 105 Å². The van der Waals surface area contributed by atoms with Crippen molar-refractivity contribution in [1.29, 1.82) is 0 Å². The molecule has 0 radical (unpaired) electrons. The first-order chi connectivity index (χ1) is 35.2. The first kappa shape index (κ1) is 46.0. The van der Waals surface area contributed by atoms with Gasteiger partial charge in [0.2, 0.25) is 0 Å². The summed E-state index contributed by atoms with van der Waals surface area (Å²) < 4.78 is 9.93. The number of fused-ring (bicyclic) bond motifs is 12. The Bertz CT molecular complexity index is 4020. The SMILES string of the molecule is CC(C)(C)c1ccc2c(c1)c1cc(C(C)(C)C)ccc1n2-c1cccc(-n2c3ccccc3c3cc4c(cc32)c2ccccc2n4-c2cccc(-n3c4ccc(C(C)(C)C)cc4c4cc(C(C)(C)C)ccc43)c2)c1. The molecule has 0 saturated heterocycles. The van der Waals surface area contributed by atoms with Gasteiger partial charge in [-0.3, -0.25) is 0 Å². The van der Waals surface area contributed by atoms with Crippen LogP contribution in [0.5, 0.6) is 0 Å². The first-order valence-electron chi connectivity index (χ1n) is 26.6. The van der Waals surface area contributed by atoms with Crippen molar-refractivity contribution in [2.75, 3.05) is 0 Å². The summed E-state index contributed by atoms with van der Waals surface area (Å²) in [6, 6.07) is 69.6. The van der Waals surface area contributed by atoms with E-state index in [9.17, 15) is 0 Å². The molecule has 0 aliphatic carbocycles. The van der Waals surface area contributed by atoms with Crippen LogP contribution in [0.3, 0.4) is 0 Å². The number of rotatable bonds is 4. The van der Waals surface area contributed by atoms with E-state index in [1.165, 1.54) is 109 Å². The van der Waals surface area contributed by atoms with E-state index in [4.69, 9.17) is 0 Å². The van der Waals surface area contributed by atoms with Crippen LogP contribution in [0.4, 0.5) is 0 Å². The molecule has 0 amide bonds. The van der Waals surface area contributed by atoms with Crippen LogP contribution in [0.15, 0.2) is 182 Å². The van der Waals surface area contributed by atoms with Crippen LogP contribution in [-0.2, 0) is 21.7 Å². The molecule has 0 bridgehead atoms. The predicted octanol–water partition coefficient (Wildman–Crippen LogP) is 19.3. The maximum Gasteiger partial charge on any atom is 0.0548 e. The molecule has 0 aliphatic heterocycles. The van der Waals surface area contributed by atoms with Gasteiger partial charge < -0.3 is 18.3 Å². The molecular formula is C70H66N4. The molecule has 0 fully saturated rings. The molecule has 0 aliphatic rings. The molecule has 4 heterocycles. The molecule has 9 aromatic carbocycles. The molecule has 13 rings (SSSR count). The van der Waals surface area contributed by atoms with Crippen molar-refractivity contribution in [3.8, 4) is 22.7 Å². The third-order valence-electron chi connectivity index (χ3n) is 16.2. The Kier molecular flexibility index (Phi) is 9.85. The van der Waals surface area contributed by atoms with E-state index in [1.54, 1.807) is 0 Å². The lowest BCUT2D eigenvalue weighted by Gasteiger charge is -2.19. The molecular weight excluding hydrogens is 897 g/mol. The second kappa shape index (κ2) is 15.8. The summed E-state index contributed by atoms with van der Waals surface area (Å²) in [6.45, 7) is 27.7. The summed E-state index contributed by atoms with van der Waals surface area (Å²) >= 11 is 0. The number of hydrogen-bond donors (Lipinski definition) is 0. The fraction of sp³-hybridized carbons (Fsp3) is 0.229. The maximum absolute atomic E-state index is 2.49. The van der Waals surface area contributed by atoms with Crippen molar-refractivity contribution in [2.24, 2.45) is 0 Å². The maximum atomic E-state index is 2.49. The van der Waals surface area contributed by atoms with Gasteiger partial charge in [0.05, 0.1) is 44.1 Å². The van der Waals surface area contributed by atoms with E-state index in [2.05, 4.69) is 283 Å². The van der Waals surface area contributed by atoms with Crippen LogP contribution in [-0.4, -0.2) is 18.3 Å². The molecule has 4 nitrogen and oxygen atoms in total. The monoisotopic (exact) mass is 963 g/mol. The van der Waals surface area contributed by atoms with Crippen molar-refractivity contribution < 1.29 is 0 Å². The quantitative estimate of drug-likeness (QED) is 0.167. The fourth-order valence-corrected chi connectivity index (χ4v) is 12.0. The van der Waals surface area contributed by atoms with Crippen molar-refractivity contribution in [1.82, 2.24) is 18.3 Å². The highest BCUT2D eigenvalue weighted by Gasteiger charge is 2.25. The molecule has 0 unspecified atom stereocenters. The van der Waals surface area contributed by atoms with Crippen LogP contribution in [0.25, 0.3) is 110 Å². The minimum atomic E-state index is 0.0317. The molecule has 0 spiro atoms. The molecule has 13 aromatic rings. The summed E-state index contributed by atoms with van der Waals surface area (Å²) in [6.07, 6.45) is 0. The van der Waals surface area contributed by atoms with Crippen molar-refractivity contribution in [2.45, 2.75) is 105 Å². The van der Waals surface area contributed by atoms with Crippen LogP contribution < -0.4 is 0 Å². The van der Waals surface area contributed by atoms with E-state index in [0.29, 0.717) is 0 Å². The van der Waals surface area contributed by atoms with Gasteiger partial charge in [-0.2, -0.15) is 0 Å². The summed E-state index contributed by atoms with van der Waals surface area (Å²) in [5.74, 6) is 0. The zero-order chi connectivity index (χ0) is 51.4. The molecule has 4 aromatic heterocycles. The van der Waals surface area contributed by atoms with Crippen molar-refractivity contribution >= 4 is 87.2 Å². The fourth-order valence-electron chi connectivity index (χ4n) is 12.0. The normalized spacial score (nSPS) is 13.1. The van der Waals surface area contributed by atoms with Gasteiger partial charge >= 0.3 is 0 Å². The van der Waals surface area contributed by atoms with E-state index in [0.717, 1.165) is 22.7 Å². The molecule has 4 heteroatoms. The second-order valence-electron chi connectivity index (χ2n) is 25.2. The Hall–Kier alpha value is -7.82. The van der Waals surface area contributed by atoms with Gasteiger partial charge in [0.1, 0.15) is 0 Å². The highest BCUT2D eigenvalue weighted by Crippen LogP contribution is 2.43. The Balaban J connectivity index is 1.01. The molecule has 0 N–H and O–H groups in total. The lowest BCUT2D eigenvalue weighted by atomic mass is 9.85. The lowest BCUT2D eigenvalue weighted by Crippen LogP contribution is -2.10. The van der Waals surface area contributed by atoms with E-state index >= 15 is 0 Å². The standard InChI is InChI=1S/C70H66N4/c1-67(2,3)43-27-31-61-53(35-43)54-36-44(68(4,5)6)28-32-62(54)71(61)47-19-17-21-49(39-47)73-59-25-15-13-23-51(59)57-42-66-58(41-65(57)73)52-24-14-16-26-60(52)74(66)50-22-18-20-48(40-50)72-63-33-29-45(69(7,8)9)37-55(63)56-38-46(70(10,11)12)30-34-64(56)72/h13-42H,1-12H3. The van der Waals surface area contributed by atoms with E-state index in [1.807, 2.05) is 0 Å². The van der Waals surface area contributed by atoms with Crippen LogP contribution >= 0.6 is 0 Å². The zero-order valence-electron chi connectivity index (χ0n) is 45.1. The molecule has 366 valence electrons. The van der Waals surface area contributed by atoms with Gasteiger partial charge in [0, 0.05) is 65.8 Å². The number of nitrogens with zero attached hydrogens (tertiary/aromatic N) is 4. The highest BCUT2D eigenvalue weighted by molar-refractivity contribution is 6.19. The minimum Gasteiger partial charge on any atom is -0.309 e. The summed E-state index contributed by atoms with van der Waals surface area (Å²) in [5, 5.41) is 10.1. The third-order valence-corrected chi connectivity index (χ3v) is 16.2. The highest BCUT2D eigenvalue weighted by atomic mass is 15.0. The average molecular weight is 963 g/mol. The van der Waals surface area contributed by atoms with E-state index < -0.39 is 0 Å². The lowest BCUT2D eigenvalue weighted by molar-refractivity contribution is 0.590. The van der Waals surface area contributed by atoms with Crippen LogP contribution in [0.2, 0.25) is 0 Å². The van der Waals surface area contributed by atoms with Gasteiger partial charge in [0.25, 0.3) is 0 Å².